The first kappa shape index (κ1) is 11.6. The molecule has 0 bridgehead atoms. The number of nitro groups is 1. The first-order valence-corrected chi connectivity index (χ1v) is 5.45. The molecular weight excluding hydrogens is 220 g/mol. The molecule has 0 saturated carbocycles. The number of benzene rings is 1. The maximum atomic E-state index is 10.6. The van der Waals surface area contributed by atoms with E-state index in [-0.39, 0.29) is 5.69 Å². The molecule has 5 nitrogen and oxygen atoms in total. The first-order valence-electron chi connectivity index (χ1n) is 5.45. The largest absolute Gasteiger partial charge is 0.462 e. The van der Waals surface area contributed by atoms with Gasteiger partial charge in [-0.25, -0.2) is 0 Å². The molecule has 0 N–H and O–H groups in total. The third kappa shape index (κ3) is 3.04. The van der Waals surface area contributed by atoms with E-state index in [1.54, 1.807) is 12.1 Å². The van der Waals surface area contributed by atoms with Crippen molar-refractivity contribution in [1.82, 2.24) is 4.90 Å². The molecule has 90 valence electrons. The molecule has 0 aliphatic carbocycles. The van der Waals surface area contributed by atoms with Gasteiger partial charge in [0.15, 0.2) is 0 Å². The van der Waals surface area contributed by atoms with Crippen molar-refractivity contribution in [2.24, 2.45) is 0 Å². The van der Waals surface area contributed by atoms with E-state index in [4.69, 9.17) is 4.74 Å². The van der Waals surface area contributed by atoms with Crippen LogP contribution < -0.4 is 4.74 Å². The van der Waals surface area contributed by atoms with Gasteiger partial charge in [0, 0.05) is 25.6 Å². The minimum absolute atomic E-state index is 0.0519. The van der Waals surface area contributed by atoms with Crippen LogP contribution in [-0.2, 0) is 0 Å². The fourth-order valence-corrected chi connectivity index (χ4v) is 1.66. The lowest BCUT2D eigenvalue weighted by Gasteiger charge is -2.21. The Labute approximate surface area is 99.5 Å². The van der Waals surface area contributed by atoms with Gasteiger partial charge in [0.05, 0.1) is 11.0 Å². The molecule has 0 fully saturated rings. The van der Waals surface area contributed by atoms with Crippen molar-refractivity contribution in [2.45, 2.75) is 6.42 Å². The Balaban J connectivity index is 2.08. The van der Waals surface area contributed by atoms with Crippen LogP contribution in [0, 0.1) is 10.1 Å². The van der Waals surface area contributed by atoms with E-state index in [0.29, 0.717) is 5.75 Å². The summed E-state index contributed by atoms with van der Waals surface area (Å²) in [4.78, 5) is 12.4. The second-order valence-corrected chi connectivity index (χ2v) is 4.04. The van der Waals surface area contributed by atoms with Gasteiger partial charge >= 0.3 is 0 Å². The maximum Gasteiger partial charge on any atom is 0.273 e. The lowest BCUT2D eigenvalue weighted by Crippen LogP contribution is -2.25. The van der Waals surface area contributed by atoms with Crippen LogP contribution in [0.3, 0.4) is 0 Å². The summed E-state index contributed by atoms with van der Waals surface area (Å²) in [6.07, 6.45) is 2.83. The standard InChI is InChI=1S/C12H14N2O3/c1-13-7-5-11(6-8-13)17-12-4-2-3-10(9-12)14(15)16/h2-5,9H,6-8H2,1H3. The van der Waals surface area contributed by atoms with E-state index in [9.17, 15) is 10.1 Å². The van der Waals surface area contributed by atoms with Crippen LogP contribution >= 0.6 is 0 Å². The van der Waals surface area contributed by atoms with E-state index >= 15 is 0 Å². The van der Waals surface area contributed by atoms with E-state index in [1.807, 2.05) is 13.1 Å². The van der Waals surface area contributed by atoms with Gasteiger partial charge < -0.3 is 9.64 Å². The summed E-state index contributed by atoms with van der Waals surface area (Å²) < 4.78 is 5.62. The van der Waals surface area contributed by atoms with Crippen molar-refractivity contribution in [3.8, 4) is 5.75 Å². The van der Waals surface area contributed by atoms with Crippen molar-refractivity contribution >= 4 is 5.69 Å². The molecule has 0 spiro atoms. The number of ether oxygens (including phenoxy) is 1. The summed E-state index contributed by atoms with van der Waals surface area (Å²) in [7, 11) is 2.04. The zero-order chi connectivity index (χ0) is 12.3. The van der Waals surface area contributed by atoms with Crippen LogP contribution in [0.5, 0.6) is 5.75 Å². The maximum absolute atomic E-state index is 10.6. The average Bonchev–Trinajstić information content (AvgIpc) is 2.32. The molecule has 2 rings (SSSR count). The van der Waals surface area contributed by atoms with Gasteiger partial charge in [-0.15, -0.1) is 0 Å². The Morgan fingerprint density at radius 2 is 2.29 bits per heavy atom. The van der Waals surface area contributed by atoms with Gasteiger partial charge in [0.25, 0.3) is 5.69 Å². The summed E-state index contributed by atoms with van der Waals surface area (Å²) in [6, 6.07) is 6.25. The Morgan fingerprint density at radius 1 is 1.47 bits per heavy atom. The predicted octanol–water partition coefficient (Wildman–Crippen LogP) is 2.19. The minimum Gasteiger partial charge on any atom is -0.462 e. The molecule has 1 aromatic carbocycles. The van der Waals surface area contributed by atoms with Gasteiger partial charge in [0.2, 0.25) is 0 Å². The molecule has 0 saturated heterocycles. The average molecular weight is 234 g/mol. The molecule has 0 radical (unpaired) electrons. The molecule has 0 unspecified atom stereocenters. The lowest BCUT2D eigenvalue weighted by molar-refractivity contribution is -0.384. The Bertz CT molecular complexity index is 457. The molecule has 5 heteroatoms. The zero-order valence-corrected chi connectivity index (χ0v) is 9.63. The van der Waals surface area contributed by atoms with E-state index in [1.165, 1.54) is 12.1 Å². The van der Waals surface area contributed by atoms with Crippen molar-refractivity contribution in [2.75, 3.05) is 20.1 Å². The topological polar surface area (TPSA) is 55.6 Å². The van der Waals surface area contributed by atoms with Crippen molar-refractivity contribution in [3.05, 3.63) is 46.2 Å². The molecule has 17 heavy (non-hydrogen) atoms. The van der Waals surface area contributed by atoms with Crippen LogP contribution in [0.1, 0.15) is 6.42 Å². The van der Waals surface area contributed by atoms with Gasteiger partial charge in [-0.2, -0.15) is 0 Å². The van der Waals surface area contributed by atoms with Gasteiger partial charge in [-0.3, -0.25) is 10.1 Å². The number of nitro benzene ring substituents is 1. The molecule has 0 amide bonds. The van der Waals surface area contributed by atoms with Gasteiger partial charge in [0.1, 0.15) is 11.5 Å². The Morgan fingerprint density at radius 3 is 2.94 bits per heavy atom. The Hall–Kier alpha value is -1.88. The van der Waals surface area contributed by atoms with E-state index in [2.05, 4.69) is 4.90 Å². The highest BCUT2D eigenvalue weighted by Crippen LogP contribution is 2.22. The highest BCUT2D eigenvalue weighted by molar-refractivity contribution is 5.38. The number of nitrogens with zero attached hydrogens (tertiary/aromatic N) is 2. The predicted molar refractivity (Wildman–Crippen MR) is 63.9 cm³/mol. The SMILES string of the molecule is CN1CC=C(Oc2cccc([N+](=O)[O-])c2)CC1. The highest BCUT2D eigenvalue weighted by atomic mass is 16.6. The van der Waals surface area contributed by atoms with Crippen molar-refractivity contribution < 1.29 is 9.66 Å². The fraction of sp³-hybridized carbons (Fsp3) is 0.333. The quantitative estimate of drug-likeness (QED) is 0.594. The van der Waals surface area contributed by atoms with Gasteiger partial charge in [-0.05, 0) is 19.2 Å². The van der Waals surface area contributed by atoms with Crippen molar-refractivity contribution in [3.63, 3.8) is 0 Å². The molecule has 0 atom stereocenters. The second-order valence-electron chi connectivity index (χ2n) is 4.04. The third-order valence-corrected chi connectivity index (χ3v) is 2.65. The number of hydrogen-bond donors (Lipinski definition) is 0. The molecule has 0 aromatic heterocycles. The summed E-state index contributed by atoms with van der Waals surface area (Å²) in [6.45, 7) is 1.80. The normalized spacial score (nSPS) is 16.4. The number of rotatable bonds is 3. The summed E-state index contributed by atoms with van der Waals surface area (Å²) >= 11 is 0. The van der Waals surface area contributed by atoms with Crippen molar-refractivity contribution in [1.29, 1.82) is 0 Å². The van der Waals surface area contributed by atoms with Crippen LogP contribution in [-0.4, -0.2) is 30.0 Å². The van der Waals surface area contributed by atoms with E-state index in [0.717, 1.165) is 25.3 Å². The lowest BCUT2D eigenvalue weighted by atomic mass is 10.2. The van der Waals surface area contributed by atoms with Crippen LogP contribution in [0.4, 0.5) is 5.69 Å². The van der Waals surface area contributed by atoms with Crippen LogP contribution in [0.15, 0.2) is 36.1 Å². The first-order chi connectivity index (χ1) is 8.15. The second kappa shape index (κ2) is 4.97. The molecular formula is C12H14N2O3. The minimum atomic E-state index is -0.421. The summed E-state index contributed by atoms with van der Waals surface area (Å²) in [5.41, 5.74) is 0.0519. The molecule has 1 aliphatic heterocycles. The van der Waals surface area contributed by atoms with Gasteiger partial charge in [-0.1, -0.05) is 6.07 Å². The summed E-state index contributed by atoms with van der Waals surface area (Å²) in [5, 5.41) is 10.6. The Kier molecular flexibility index (Phi) is 3.39. The summed E-state index contributed by atoms with van der Waals surface area (Å²) in [5.74, 6) is 1.40. The fourth-order valence-electron chi connectivity index (χ4n) is 1.66. The number of hydrogen-bond acceptors (Lipinski definition) is 4. The molecule has 1 aliphatic rings. The smallest absolute Gasteiger partial charge is 0.273 e. The number of likely N-dealkylation sites (N-methyl/N-ethyl adjacent to an activating group) is 1. The number of non-ortho nitro benzene ring substituents is 1. The van der Waals surface area contributed by atoms with E-state index < -0.39 is 4.92 Å². The van der Waals surface area contributed by atoms with Crippen LogP contribution in [0.25, 0.3) is 0 Å². The molecule has 1 heterocycles. The molecule has 1 aromatic rings. The third-order valence-electron chi connectivity index (χ3n) is 2.65. The zero-order valence-electron chi connectivity index (χ0n) is 9.63. The highest BCUT2D eigenvalue weighted by Gasteiger charge is 2.11. The monoisotopic (exact) mass is 234 g/mol. The van der Waals surface area contributed by atoms with Crippen LogP contribution in [0.2, 0.25) is 0 Å².